The van der Waals surface area contributed by atoms with E-state index in [2.05, 4.69) is 23.2 Å². The zero-order valence-corrected chi connectivity index (χ0v) is 11.4. The van der Waals surface area contributed by atoms with Gasteiger partial charge in [0, 0.05) is 24.8 Å². The standard InChI is InChI=1S/C15H23FN2/c1-3-4-7-18(14-5-6-14)15-9-12(11-17-2)8-13(16)10-15/h8-10,14,17H,3-7,11H2,1-2H3. The number of halogens is 1. The molecule has 18 heavy (non-hydrogen) atoms. The fraction of sp³-hybridized carbons (Fsp3) is 0.600. The smallest absolute Gasteiger partial charge is 0.125 e. The minimum atomic E-state index is -0.125. The molecular weight excluding hydrogens is 227 g/mol. The first-order valence-corrected chi connectivity index (χ1v) is 6.95. The minimum absolute atomic E-state index is 0.125. The number of hydrogen-bond donors (Lipinski definition) is 1. The second kappa shape index (κ2) is 6.19. The first-order chi connectivity index (χ1) is 8.74. The van der Waals surface area contributed by atoms with Gasteiger partial charge in [0.2, 0.25) is 0 Å². The average molecular weight is 250 g/mol. The van der Waals surface area contributed by atoms with E-state index < -0.39 is 0 Å². The maximum absolute atomic E-state index is 13.7. The van der Waals surface area contributed by atoms with Gasteiger partial charge in [-0.3, -0.25) is 0 Å². The summed E-state index contributed by atoms with van der Waals surface area (Å²) in [5, 5.41) is 3.08. The van der Waals surface area contributed by atoms with Crippen molar-refractivity contribution in [1.29, 1.82) is 0 Å². The number of hydrogen-bond acceptors (Lipinski definition) is 2. The van der Waals surface area contributed by atoms with Gasteiger partial charge in [-0.1, -0.05) is 13.3 Å². The Morgan fingerprint density at radius 3 is 2.72 bits per heavy atom. The number of anilines is 1. The SMILES string of the molecule is CCCCN(c1cc(F)cc(CNC)c1)C1CC1. The first-order valence-electron chi connectivity index (χ1n) is 6.95. The number of nitrogens with one attached hydrogen (secondary N) is 1. The van der Waals surface area contributed by atoms with Crippen LogP contribution in [0.4, 0.5) is 10.1 Å². The van der Waals surface area contributed by atoms with Gasteiger partial charge in [-0.2, -0.15) is 0 Å². The van der Waals surface area contributed by atoms with Gasteiger partial charge in [0.05, 0.1) is 0 Å². The molecule has 1 aromatic carbocycles. The highest BCUT2D eigenvalue weighted by molar-refractivity contribution is 5.51. The Hall–Kier alpha value is -1.09. The monoisotopic (exact) mass is 250 g/mol. The molecule has 2 nitrogen and oxygen atoms in total. The van der Waals surface area contributed by atoms with Crippen molar-refractivity contribution in [2.24, 2.45) is 0 Å². The van der Waals surface area contributed by atoms with Crippen LogP contribution in [-0.4, -0.2) is 19.6 Å². The number of nitrogens with zero attached hydrogens (tertiary/aromatic N) is 1. The van der Waals surface area contributed by atoms with Crippen molar-refractivity contribution >= 4 is 5.69 Å². The Morgan fingerprint density at radius 1 is 1.33 bits per heavy atom. The van der Waals surface area contributed by atoms with Crippen LogP contribution in [0.5, 0.6) is 0 Å². The van der Waals surface area contributed by atoms with Gasteiger partial charge in [0.15, 0.2) is 0 Å². The quantitative estimate of drug-likeness (QED) is 0.798. The second-order valence-electron chi connectivity index (χ2n) is 5.13. The molecule has 1 aliphatic rings. The predicted molar refractivity (Wildman–Crippen MR) is 74.4 cm³/mol. The Labute approximate surface area is 109 Å². The van der Waals surface area contributed by atoms with Crippen molar-refractivity contribution in [2.45, 2.75) is 45.2 Å². The maximum atomic E-state index is 13.7. The summed E-state index contributed by atoms with van der Waals surface area (Å²) < 4.78 is 13.7. The Kier molecular flexibility index (Phi) is 4.59. The molecule has 0 unspecified atom stereocenters. The fourth-order valence-electron chi connectivity index (χ4n) is 2.34. The highest BCUT2D eigenvalue weighted by Gasteiger charge is 2.29. The normalized spacial score (nSPS) is 14.8. The largest absolute Gasteiger partial charge is 0.368 e. The third kappa shape index (κ3) is 3.45. The Bertz CT molecular complexity index is 388. The van der Waals surface area contributed by atoms with Crippen molar-refractivity contribution in [3.05, 3.63) is 29.6 Å². The van der Waals surface area contributed by atoms with Crippen LogP contribution in [0.2, 0.25) is 0 Å². The summed E-state index contributed by atoms with van der Waals surface area (Å²) in [5.74, 6) is -0.125. The lowest BCUT2D eigenvalue weighted by molar-refractivity contribution is 0.620. The van der Waals surface area contributed by atoms with E-state index in [0.29, 0.717) is 6.04 Å². The van der Waals surface area contributed by atoms with E-state index in [4.69, 9.17) is 0 Å². The molecule has 0 aromatic heterocycles. The molecule has 0 atom stereocenters. The Morgan fingerprint density at radius 2 is 2.11 bits per heavy atom. The van der Waals surface area contributed by atoms with Crippen LogP contribution < -0.4 is 10.2 Å². The summed E-state index contributed by atoms with van der Waals surface area (Å²) in [6.07, 6.45) is 4.86. The lowest BCUT2D eigenvalue weighted by atomic mass is 10.1. The lowest BCUT2D eigenvalue weighted by Gasteiger charge is -2.25. The van der Waals surface area contributed by atoms with Crippen LogP contribution in [-0.2, 0) is 6.54 Å². The topological polar surface area (TPSA) is 15.3 Å². The molecule has 0 radical (unpaired) electrons. The Balaban J connectivity index is 2.17. The molecule has 1 fully saturated rings. The molecule has 1 N–H and O–H groups in total. The van der Waals surface area contributed by atoms with Crippen molar-refractivity contribution in [2.75, 3.05) is 18.5 Å². The number of unbranched alkanes of at least 4 members (excludes halogenated alkanes) is 1. The molecule has 0 bridgehead atoms. The summed E-state index contributed by atoms with van der Waals surface area (Å²) in [4.78, 5) is 2.38. The zero-order chi connectivity index (χ0) is 13.0. The molecule has 3 heteroatoms. The zero-order valence-electron chi connectivity index (χ0n) is 11.4. The van der Waals surface area contributed by atoms with E-state index >= 15 is 0 Å². The minimum Gasteiger partial charge on any atom is -0.368 e. The third-order valence-electron chi connectivity index (χ3n) is 3.40. The molecule has 0 aliphatic heterocycles. The van der Waals surface area contributed by atoms with E-state index in [1.807, 2.05) is 7.05 Å². The van der Waals surface area contributed by atoms with Crippen molar-refractivity contribution in [3.63, 3.8) is 0 Å². The molecule has 1 aliphatic carbocycles. The van der Waals surface area contributed by atoms with E-state index in [-0.39, 0.29) is 5.82 Å². The van der Waals surface area contributed by atoms with E-state index in [1.165, 1.54) is 25.7 Å². The van der Waals surface area contributed by atoms with Crippen LogP contribution >= 0.6 is 0 Å². The third-order valence-corrected chi connectivity index (χ3v) is 3.40. The second-order valence-corrected chi connectivity index (χ2v) is 5.13. The summed E-state index contributed by atoms with van der Waals surface area (Å²) in [6, 6.07) is 6.05. The molecule has 0 amide bonds. The number of benzene rings is 1. The maximum Gasteiger partial charge on any atom is 0.125 e. The molecule has 0 spiro atoms. The highest BCUT2D eigenvalue weighted by Crippen LogP contribution is 2.32. The molecule has 1 saturated carbocycles. The van der Waals surface area contributed by atoms with Gasteiger partial charge in [-0.25, -0.2) is 4.39 Å². The van der Waals surface area contributed by atoms with E-state index in [9.17, 15) is 4.39 Å². The van der Waals surface area contributed by atoms with Gasteiger partial charge in [0.25, 0.3) is 0 Å². The van der Waals surface area contributed by atoms with Crippen molar-refractivity contribution in [3.8, 4) is 0 Å². The fourth-order valence-corrected chi connectivity index (χ4v) is 2.34. The first kappa shape index (κ1) is 13.3. The van der Waals surface area contributed by atoms with E-state index in [1.54, 1.807) is 12.1 Å². The lowest BCUT2D eigenvalue weighted by Crippen LogP contribution is -2.27. The van der Waals surface area contributed by atoms with Crippen molar-refractivity contribution in [1.82, 2.24) is 5.32 Å². The van der Waals surface area contributed by atoms with Crippen molar-refractivity contribution < 1.29 is 4.39 Å². The van der Waals surface area contributed by atoms with Gasteiger partial charge in [0.1, 0.15) is 5.82 Å². The average Bonchev–Trinajstić information content (AvgIpc) is 3.14. The van der Waals surface area contributed by atoms with Crippen LogP contribution in [0.25, 0.3) is 0 Å². The summed E-state index contributed by atoms with van der Waals surface area (Å²) in [5.41, 5.74) is 2.07. The number of rotatable bonds is 7. The predicted octanol–water partition coefficient (Wildman–Crippen LogP) is 3.31. The summed E-state index contributed by atoms with van der Waals surface area (Å²) >= 11 is 0. The van der Waals surface area contributed by atoms with Gasteiger partial charge in [-0.05, 0) is 50.1 Å². The van der Waals surface area contributed by atoms with Gasteiger partial charge in [-0.15, -0.1) is 0 Å². The van der Waals surface area contributed by atoms with Crippen LogP contribution in [0.15, 0.2) is 18.2 Å². The molecule has 2 rings (SSSR count). The molecule has 0 saturated heterocycles. The molecule has 1 aromatic rings. The molecular formula is C15H23FN2. The summed E-state index contributed by atoms with van der Waals surface area (Å²) in [6.45, 7) is 3.96. The molecule has 0 heterocycles. The van der Waals surface area contributed by atoms with Crippen LogP contribution in [0.1, 0.15) is 38.2 Å². The summed E-state index contributed by atoms with van der Waals surface area (Å²) in [7, 11) is 1.89. The van der Waals surface area contributed by atoms with Gasteiger partial charge >= 0.3 is 0 Å². The molecule has 100 valence electrons. The van der Waals surface area contributed by atoms with E-state index in [0.717, 1.165) is 24.3 Å². The van der Waals surface area contributed by atoms with Crippen LogP contribution in [0.3, 0.4) is 0 Å². The highest BCUT2D eigenvalue weighted by atomic mass is 19.1. The van der Waals surface area contributed by atoms with Crippen LogP contribution in [0, 0.1) is 5.82 Å². The van der Waals surface area contributed by atoms with Gasteiger partial charge < -0.3 is 10.2 Å².